The second kappa shape index (κ2) is 5.12. The van der Waals surface area contributed by atoms with Crippen molar-refractivity contribution in [3.63, 3.8) is 0 Å². The molecule has 0 bridgehead atoms. The van der Waals surface area contributed by atoms with Gasteiger partial charge in [-0.2, -0.15) is 0 Å². The molecule has 0 radical (unpaired) electrons. The molecule has 3 N–H and O–H groups in total. The number of benzene rings is 2. The Bertz CT molecular complexity index is 602. The summed E-state index contributed by atoms with van der Waals surface area (Å²) in [7, 11) is 0. The topological polar surface area (TPSA) is 48.5 Å². The zero-order chi connectivity index (χ0) is 13.1. The van der Waals surface area contributed by atoms with Gasteiger partial charge in [-0.25, -0.2) is 5.53 Å². The van der Waals surface area contributed by atoms with E-state index in [-0.39, 0.29) is 0 Å². The molecule has 2 aromatic rings. The number of amidine groups is 1. The smallest absolute Gasteiger partial charge is 0.171 e. The quantitative estimate of drug-likeness (QED) is 0.785. The van der Waals surface area contributed by atoms with E-state index in [1.54, 1.807) is 0 Å². The van der Waals surface area contributed by atoms with E-state index in [9.17, 15) is 0 Å². The first-order valence-electron chi connectivity index (χ1n) is 6.41. The Labute approximate surface area is 112 Å². The summed E-state index contributed by atoms with van der Waals surface area (Å²) < 4.78 is 0. The Balaban J connectivity index is 2.03. The molecule has 19 heavy (non-hydrogen) atoms. The molecule has 4 heteroatoms. The average Bonchev–Trinajstić information content (AvgIpc) is 3.01. The minimum atomic E-state index is 0.801. The molecule has 0 saturated carbocycles. The molecule has 96 valence electrons. The second-order valence-corrected chi connectivity index (χ2v) is 4.42. The highest BCUT2D eigenvalue weighted by Gasteiger charge is 2.13. The third-order valence-electron chi connectivity index (χ3n) is 3.26. The highest BCUT2D eigenvalue weighted by atomic mass is 15.8. The van der Waals surface area contributed by atoms with Crippen molar-refractivity contribution in [1.82, 2.24) is 16.5 Å². The Morgan fingerprint density at radius 2 is 1.68 bits per heavy atom. The maximum atomic E-state index is 4.17. The molecule has 0 aliphatic carbocycles. The van der Waals surface area contributed by atoms with E-state index in [0.29, 0.717) is 0 Å². The normalized spacial score (nSPS) is 13.6. The highest BCUT2D eigenvalue weighted by Crippen LogP contribution is 2.24. The fourth-order valence-electron chi connectivity index (χ4n) is 2.19. The van der Waals surface area contributed by atoms with Crippen LogP contribution in [0.2, 0.25) is 0 Å². The number of nitrogens with one attached hydrogen (secondary N) is 3. The van der Waals surface area contributed by atoms with Crippen molar-refractivity contribution in [2.75, 3.05) is 0 Å². The molecule has 1 heterocycles. The Morgan fingerprint density at radius 1 is 0.947 bits per heavy atom. The first-order chi connectivity index (χ1) is 9.38. The molecule has 1 aliphatic rings. The van der Waals surface area contributed by atoms with E-state index in [2.05, 4.69) is 64.9 Å². The van der Waals surface area contributed by atoms with Gasteiger partial charge in [-0.15, -0.1) is 10.6 Å². The molecule has 0 atom stereocenters. The van der Waals surface area contributed by atoms with Crippen LogP contribution in [-0.4, -0.2) is 5.84 Å². The molecule has 0 fully saturated rings. The maximum Gasteiger partial charge on any atom is 0.171 e. The van der Waals surface area contributed by atoms with E-state index in [1.807, 2.05) is 12.1 Å². The number of hydrogen-bond donors (Lipinski definition) is 3. The lowest BCUT2D eigenvalue weighted by molar-refractivity contribution is 0.577. The monoisotopic (exact) mass is 252 g/mol. The van der Waals surface area contributed by atoms with Crippen LogP contribution >= 0.6 is 0 Å². The minimum absolute atomic E-state index is 0.801. The Kier molecular flexibility index (Phi) is 3.16. The van der Waals surface area contributed by atoms with Crippen LogP contribution in [0, 0.1) is 0 Å². The van der Waals surface area contributed by atoms with Crippen molar-refractivity contribution in [2.45, 2.75) is 13.3 Å². The molecule has 0 unspecified atom stereocenters. The van der Waals surface area contributed by atoms with Gasteiger partial charge in [0.25, 0.3) is 0 Å². The van der Waals surface area contributed by atoms with Gasteiger partial charge < -0.3 is 0 Å². The maximum absolute atomic E-state index is 4.17. The van der Waals surface area contributed by atoms with Gasteiger partial charge in [0.2, 0.25) is 0 Å². The number of nitrogens with zero attached hydrogens (tertiary/aromatic N) is 1. The summed E-state index contributed by atoms with van der Waals surface area (Å²) in [5.41, 5.74) is 13.2. The van der Waals surface area contributed by atoms with Gasteiger partial charge in [0.1, 0.15) is 0 Å². The lowest BCUT2D eigenvalue weighted by atomic mass is 9.98. The molecule has 0 aromatic heterocycles. The molecule has 1 aliphatic heterocycles. The first kappa shape index (κ1) is 11.7. The van der Waals surface area contributed by atoms with Crippen LogP contribution in [0.1, 0.15) is 18.1 Å². The fraction of sp³-hybridized carbons (Fsp3) is 0.133. The van der Waals surface area contributed by atoms with Gasteiger partial charge in [0.15, 0.2) is 5.84 Å². The predicted molar refractivity (Wildman–Crippen MR) is 77.2 cm³/mol. The summed E-state index contributed by atoms with van der Waals surface area (Å²) in [5.74, 6) is 0.801. The van der Waals surface area contributed by atoms with Crippen molar-refractivity contribution in [3.05, 3.63) is 59.7 Å². The summed E-state index contributed by atoms with van der Waals surface area (Å²) in [6.45, 7) is 2.16. The third kappa shape index (κ3) is 2.30. The van der Waals surface area contributed by atoms with Crippen molar-refractivity contribution < 1.29 is 0 Å². The zero-order valence-corrected chi connectivity index (χ0v) is 10.8. The summed E-state index contributed by atoms with van der Waals surface area (Å²) in [6.07, 6.45) is 1.06. The predicted octanol–water partition coefficient (Wildman–Crippen LogP) is 2.19. The lowest BCUT2D eigenvalue weighted by Crippen LogP contribution is -2.35. The molecule has 0 spiro atoms. The van der Waals surface area contributed by atoms with Gasteiger partial charge in [-0.3, -0.25) is 5.43 Å². The minimum Gasteiger partial charge on any atom is -0.285 e. The van der Waals surface area contributed by atoms with E-state index in [0.717, 1.165) is 17.8 Å². The average molecular weight is 252 g/mol. The number of aryl methyl sites for hydroxylation is 1. The second-order valence-electron chi connectivity index (χ2n) is 4.42. The summed E-state index contributed by atoms with van der Waals surface area (Å²) in [5, 5.41) is 4.17. The highest BCUT2D eigenvalue weighted by molar-refractivity contribution is 6.04. The van der Waals surface area contributed by atoms with Crippen molar-refractivity contribution in [1.29, 1.82) is 0 Å². The molecular formula is C15H16N4. The third-order valence-corrected chi connectivity index (χ3v) is 3.26. The van der Waals surface area contributed by atoms with Crippen LogP contribution in [0.5, 0.6) is 0 Å². The molecular weight excluding hydrogens is 236 g/mol. The lowest BCUT2D eigenvalue weighted by Gasteiger charge is -2.09. The fourth-order valence-corrected chi connectivity index (χ4v) is 2.19. The van der Waals surface area contributed by atoms with E-state index >= 15 is 0 Å². The number of rotatable bonds is 3. The Morgan fingerprint density at radius 3 is 2.32 bits per heavy atom. The van der Waals surface area contributed by atoms with E-state index in [4.69, 9.17) is 0 Å². The van der Waals surface area contributed by atoms with Gasteiger partial charge in [-0.05, 0) is 23.1 Å². The molecule has 2 aromatic carbocycles. The van der Waals surface area contributed by atoms with Crippen LogP contribution in [0.4, 0.5) is 0 Å². The number of hydrazine groups is 2. The zero-order valence-electron chi connectivity index (χ0n) is 10.8. The van der Waals surface area contributed by atoms with E-state index in [1.165, 1.54) is 16.7 Å². The van der Waals surface area contributed by atoms with Crippen LogP contribution in [0.3, 0.4) is 0 Å². The van der Waals surface area contributed by atoms with Crippen molar-refractivity contribution >= 4 is 5.84 Å². The Hall–Kier alpha value is -2.33. The van der Waals surface area contributed by atoms with E-state index < -0.39 is 0 Å². The SMILES string of the molecule is CCc1ccc(-c2ccccc2C2=NNNN2)cc1. The largest absolute Gasteiger partial charge is 0.285 e. The number of hydrazone groups is 1. The van der Waals surface area contributed by atoms with Crippen molar-refractivity contribution in [3.8, 4) is 11.1 Å². The molecule has 3 rings (SSSR count). The van der Waals surface area contributed by atoms with Crippen molar-refractivity contribution in [2.24, 2.45) is 5.10 Å². The van der Waals surface area contributed by atoms with Gasteiger partial charge in [0.05, 0.1) is 0 Å². The van der Waals surface area contributed by atoms with Crippen LogP contribution in [0.25, 0.3) is 11.1 Å². The van der Waals surface area contributed by atoms with Crippen LogP contribution < -0.4 is 16.5 Å². The van der Waals surface area contributed by atoms with Crippen LogP contribution in [0.15, 0.2) is 53.6 Å². The summed E-state index contributed by atoms with van der Waals surface area (Å²) in [4.78, 5) is 0. The molecule has 0 amide bonds. The standard InChI is InChI=1S/C15H16N4/c1-2-11-7-9-12(10-8-11)13-5-3-4-6-14(13)15-16-18-19-17-15/h3-10,18-19H,2H2,1H3,(H,16,17). The van der Waals surface area contributed by atoms with Gasteiger partial charge in [-0.1, -0.05) is 55.5 Å². The molecule has 4 nitrogen and oxygen atoms in total. The first-order valence-corrected chi connectivity index (χ1v) is 6.41. The van der Waals surface area contributed by atoms with Gasteiger partial charge >= 0.3 is 0 Å². The van der Waals surface area contributed by atoms with Gasteiger partial charge in [0, 0.05) is 5.56 Å². The summed E-state index contributed by atoms with van der Waals surface area (Å²) in [6, 6.07) is 16.9. The van der Waals surface area contributed by atoms with Crippen LogP contribution in [-0.2, 0) is 6.42 Å². The number of hydrogen-bond acceptors (Lipinski definition) is 4. The molecule has 0 saturated heterocycles. The summed E-state index contributed by atoms with van der Waals surface area (Å²) >= 11 is 0.